The third kappa shape index (κ3) is 9.01. The second-order valence-electron chi connectivity index (χ2n) is 11.1. The Bertz CT molecular complexity index is 1300. The Morgan fingerprint density at radius 2 is 1.72 bits per heavy atom. The van der Waals surface area contributed by atoms with Crippen LogP contribution in [0.1, 0.15) is 28.8 Å². The minimum atomic E-state index is -4.23. The van der Waals surface area contributed by atoms with Crippen LogP contribution in [0.25, 0.3) is 0 Å². The molecule has 0 spiro atoms. The van der Waals surface area contributed by atoms with Crippen LogP contribution < -0.4 is 15.5 Å². The van der Waals surface area contributed by atoms with E-state index in [4.69, 9.17) is 11.6 Å². The summed E-state index contributed by atoms with van der Waals surface area (Å²) in [6.07, 6.45) is -4.18. The molecule has 4 rings (SSSR count). The number of amides is 2. The molecule has 1 atom stereocenters. The molecule has 0 saturated carbocycles. The van der Waals surface area contributed by atoms with Crippen LogP contribution in [0.4, 0.5) is 33.3 Å². The Morgan fingerprint density at radius 1 is 1.00 bits per heavy atom. The molecule has 2 aliphatic heterocycles. The van der Waals surface area contributed by atoms with Crippen LogP contribution in [0, 0.1) is 11.6 Å². The van der Waals surface area contributed by atoms with E-state index >= 15 is 4.39 Å². The SMILES string of the molecule is CN(C)[C@@H]1CCN(CC(=O)NCc2ccc(C(=O)Nc3ccc(Cl)cc3N3CCN(CCC(F)(F)F)CC3)c(F)c2F)C1. The molecule has 43 heavy (non-hydrogen) atoms. The highest BCUT2D eigenvalue weighted by atomic mass is 35.5. The van der Waals surface area contributed by atoms with Gasteiger partial charge in [-0.15, -0.1) is 0 Å². The van der Waals surface area contributed by atoms with E-state index in [0.717, 1.165) is 25.6 Å². The fourth-order valence-corrected chi connectivity index (χ4v) is 5.46. The van der Waals surface area contributed by atoms with Gasteiger partial charge < -0.3 is 20.4 Å². The van der Waals surface area contributed by atoms with Gasteiger partial charge in [0.2, 0.25) is 5.91 Å². The van der Waals surface area contributed by atoms with Crippen molar-refractivity contribution < 1.29 is 31.5 Å². The Morgan fingerprint density at radius 3 is 2.37 bits per heavy atom. The summed E-state index contributed by atoms with van der Waals surface area (Å²) in [5.41, 5.74) is 0.210. The smallest absolute Gasteiger partial charge is 0.367 e. The van der Waals surface area contributed by atoms with E-state index < -0.39 is 35.7 Å². The van der Waals surface area contributed by atoms with Crippen molar-refractivity contribution in [3.05, 3.63) is 58.1 Å². The van der Waals surface area contributed by atoms with Crippen molar-refractivity contribution in [1.82, 2.24) is 20.0 Å². The summed E-state index contributed by atoms with van der Waals surface area (Å²) in [5, 5.41) is 5.60. The minimum absolute atomic E-state index is 0.0921. The molecule has 2 aliphatic rings. The number of nitrogens with zero attached hydrogens (tertiary/aromatic N) is 4. The molecule has 2 N–H and O–H groups in total. The number of hydrogen-bond donors (Lipinski definition) is 2. The number of hydrogen-bond acceptors (Lipinski definition) is 6. The van der Waals surface area contributed by atoms with E-state index in [9.17, 15) is 27.2 Å². The zero-order valence-corrected chi connectivity index (χ0v) is 24.9. The highest BCUT2D eigenvalue weighted by Gasteiger charge is 2.30. The van der Waals surface area contributed by atoms with Crippen LogP contribution in [0.5, 0.6) is 0 Å². The number of carbonyl (C=O) groups excluding carboxylic acids is 2. The van der Waals surface area contributed by atoms with Gasteiger partial charge in [0.1, 0.15) is 0 Å². The van der Waals surface area contributed by atoms with Crippen molar-refractivity contribution in [2.45, 2.75) is 31.6 Å². The number of likely N-dealkylation sites (N-methyl/N-ethyl adjacent to an activating group) is 1. The zero-order valence-electron chi connectivity index (χ0n) is 24.1. The lowest BCUT2D eigenvalue weighted by Crippen LogP contribution is -2.47. The average Bonchev–Trinajstić information content (AvgIpc) is 3.42. The minimum Gasteiger partial charge on any atom is -0.367 e. The zero-order chi connectivity index (χ0) is 31.3. The van der Waals surface area contributed by atoms with Gasteiger partial charge in [-0.2, -0.15) is 13.2 Å². The number of benzene rings is 2. The predicted molar refractivity (Wildman–Crippen MR) is 155 cm³/mol. The number of carbonyl (C=O) groups is 2. The van der Waals surface area contributed by atoms with Crippen LogP contribution in [0.3, 0.4) is 0 Å². The number of alkyl halides is 3. The van der Waals surface area contributed by atoms with Gasteiger partial charge in [0.25, 0.3) is 5.91 Å². The van der Waals surface area contributed by atoms with Crippen molar-refractivity contribution >= 4 is 34.8 Å². The monoisotopic (exact) mass is 630 g/mol. The third-order valence-corrected chi connectivity index (χ3v) is 8.10. The molecule has 14 heteroatoms. The van der Waals surface area contributed by atoms with Crippen LogP contribution in [0.2, 0.25) is 5.02 Å². The fraction of sp³-hybridized carbons (Fsp3) is 0.517. The summed E-state index contributed by atoms with van der Waals surface area (Å²) in [4.78, 5) is 33.1. The quantitative estimate of drug-likeness (QED) is 0.384. The molecule has 2 aromatic rings. The van der Waals surface area contributed by atoms with Gasteiger partial charge in [0.15, 0.2) is 11.6 Å². The van der Waals surface area contributed by atoms with Gasteiger partial charge >= 0.3 is 6.18 Å². The summed E-state index contributed by atoms with van der Waals surface area (Å²) in [6, 6.07) is 7.45. The number of anilines is 2. The molecule has 2 heterocycles. The molecule has 8 nitrogen and oxygen atoms in total. The van der Waals surface area contributed by atoms with Gasteiger partial charge in [-0.3, -0.25) is 19.4 Å². The van der Waals surface area contributed by atoms with Crippen molar-refractivity contribution in [2.75, 3.05) is 76.7 Å². The van der Waals surface area contributed by atoms with Gasteiger partial charge in [-0.25, -0.2) is 8.78 Å². The average molecular weight is 631 g/mol. The molecular weight excluding hydrogens is 595 g/mol. The van der Waals surface area contributed by atoms with Crippen molar-refractivity contribution in [1.29, 1.82) is 0 Å². The maximum Gasteiger partial charge on any atom is 0.390 e. The molecule has 0 aromatic heterocycles. The van der Waals surface area contributed by atoms with Crippen molar-refractivity contribution in [2.24, 2.45) is 0 Å². The second-order valence-corrected chi connectivity index (χ2v) is 11.6. The summed E-state index contributed by atoms with van der Waals surface area (Å²) in [5.74, 6) is -3.76. The molecule has 0 radical (unpaired) electrons. The normalized spacial score (nSPS) is 18.3. The topological polar surface area (TPSA) is 71.2 Å². The molecule has 0 bridgehead atoms. The number of halogens is 6. The van der Waals surface area contributed by atoms with Crippen molar-refractivity contribution in [3.8, 4) is 0 Å². The van der Waals surface area contributed by atoms with Crippen LogP contribution >= 0.6 is 11.6 Å². The van der Waals surface area contributed by atoms with E-state index in [1.807, 2.05) is 23.9 Å². The molecular formula is C29H36ClF5N6O2. The molecule has 0 unspecified atom stereocenters. The molecule has 2 amide bonds. The van der Waals surface area contributed by atoms with Crippen LogP contribution in [-0.2, 0) is 11.3 Å². The van der Waals surface area contributed by atoms with Gasteiger partial charge in [0, 0.05) is 69.0 Å². The Hall–Kier alpha value is -3.00. The predicted octanol–water partition coefficient (Wildman–Crippen LogP) is 4.20. The molecule has 2 fully saturated rings. The lowest BCUT2D eigenvalue weighted by atomic mass is 10.1. The number of piperazine rings is 1. The van der Waals surface area contributed by atoms with E-state index in [2.05, 4.69) is 15.5 Å². The van der Waals surface area contributed by atoms with E-state index in [1.165, 1.54) is 18.2 Å². The largest absolute Gasteiger partial charge is 0.390 e. The first-order valence-electron chi connectivity index (χ1n) is 14.1. The number of likely N-dealkylation sites (tertiary alicyclic amines) is 1. The molecule has 236 valence electrons. The summed E-state index contributed by atoms with van der Waals surface area (Å²) < 4.78 is 67.7. The Labute approximate surface area is 252 Å². The van der Waals surface area contributed by atoms with Crippen LogP contribution in [-0.4, -0.2) is 105 Å². The molecule has 2 aromatic carbocycles. The number of nitrogens with one attached hydrogen (secondary N) is 2. The second kappa shape index (κ2) is 14.2. The maximum absolute atomic E-state index is 15.0. The first kappa shape index (κ1) is 32.9. The highest BCUT2D eigenvalue weighted by Crippen LogP contribution is 2.31. The highest BCUT2D eigenvalue weighted by molar-refractivity contribution is 6.31. The summed E-state index contributed by atoms with van der Waals surface area (Å²) in [7, 11) is 3.97. The molecule has 2 saturated heterocycles. The first-order chi connectivity index (χ1) is 20.3. The van der Waals surface area contributed by atoms with E-state index in [1.54, 1.807) is 11.0 Å². The fourth-order valence-electron chi connectivity index (χ4n) is 5.29. The Kier molecular flexibility index (Phi) is 10.9. The van der Waals surface area contributed by atoms with Gasteiger partial charge in [0.05, 0.1) is 29.9 Å². The third-order valence-electron chi connectivity index (χ3n) is 7.86. The lowest BCUT2D eigenvalue weighted by molar-refractivity contribution is -0.138. The summed E-state index contributed by atoms with van der Waals surface area (Å²) >= 11 is 6.18. The first-order valence-corrected chi connectivity index (χ1v) is 14.5. The van der Waals surface area contributed by atoms with Crippen molar-refractivity contribution in [3.63, 3.8) is 0 Å². The Balaban J connectivity index is 1.36. The summed E-state index contributed by atoms with van der Waals surface area (Å²) in [6.45, 7) is 2.88. The molecule has 0 aliphatic carbocycles. The van der Waals surface area contributed by atoms with Crippen LogP contribution in [0.15, 0.2) is 30.3 Å². The van der Waals surface area contributed by atoms with E-state index in [-0.39, 0.29) is 31.1 Å². The lowest BCUT2D eigenvalue weighted by Gasteiger charge is -2.37. The number of rotatable bonds is 10. The van der Waals surface area contributed by atoms with E-state index in [0.29, 0.717) is 48.6 Å². The maximum atomic E-state index is 15.0. The van der Waals surface area contributed by atoms with Gasteiger partial charge in [-0.05, 0) is 44.8 Å². The van der Waals surface area contributed by atoms with Gasteiger partial charge in [-0.1, -0.05) is 17.7 Å². The standard InChI is InChI=1S/C29H36ClF5N6O2/c1-38(2)21-7-9-40(17-21)18-25(42)36-16-19-3-5-22(27(32)26(19)31)28(43)37-23-6-4-20(30)15-24(23)41-13-11-39(12-14-41)10-8-29(33,34)35/h3-6,15,21H,7-14,16-18H2,1-2H3,(H,36,42)(H,37,43)/t21-/m1/s1.